The molecule has 0 aliphatic heterocycles. The van der Waals surface area contributed by atoms with Gasteiger partial charge in [-0.15, -0.1) is 0 Å². The zero-order chi connectivity index (χ0) is 15.2. The van der Waals surface area contributed by atoms with Crippen molar-refractivity contribution in [2.24, 2.45) is 0 Å². The summed E-state index contributed by atoms with van der Waals surface area (Å²) >= 11 is 0. The second kappa shape index (κ2) is 7.68. The highest BCUT2D eigenvalue weighted by atomic mass is 32.2. The van der Waals surface area contributed by atoms with E-state index < -0.39 is 10.0 Å². The Labute approximate surface area is 121 Å². The van der Waals surface area contributed by atoms with Crippen LogP contribution in [0.4, 0.5) is 0 Å². The lowest BCUT2D eigenvalue weighted by Gasteiger charge is -2.13. The fourth-order valence-corrected chi connectivity index (χ4v) is 2.76. The summed E-state index contributed by atoms with van der Waals surface area (Å²) in [4.78, 5) is 4.01. The van der Waals surface area contributed by atoms with Gasteiger partial charge in [-0.3, -0.25) is 0 Å². The molecular formula is C13H23N3O3S. The van der Waals surface area contributed by atoms with Crippen LogP contribution in [0.3, 0.4) is 0 Å². The first kappa shape index (κ1) is 17.0. The van der Waals surface area contributed by atoms with Crippen LogP contribution in [0.25, 0.3) is 0 Å². The van der Waals surface area contributed by atoms with E-state index in [-0.39, 0.29) is 11.1 Å². The second-order valence-corrected chi connectivity index (χ2v) is 6.68. The molecule has 7 heteroatoms. The summed E-state index contributed by atoms with van der Waals surface area (Å²) in [5.74, 6) is 0. The van der Waals surface area contributed by atoms with Crippen molar-refractivity contribution in [1.82, 2.24) is 15.0 Å². The quantitative estimate of drug-likeness (QED) is 0.745. The van der Waals surface area contributed by atoms with Gasteiger partial charge in [0.25, 0.3) is 10.0 Å². The zero-order valence-corrected chi connectivity index (χ0v) is 13.2. The van der Waals surface area contributed by atoms with Crippen molar-refractivity contribution in [3.8, 4) is 0 Å². The van der Waals surface area contributed by atoms with Crippen LogP contribution in [0.2, 0.25) is 0 Å². The average Bonchev–Trinajstić information content (AvgIpc) is 2.36. The number of hydrogen-bond donors (Lipinski definition) is 2. The molecule has 0 aliphatic carbocycles. The van der Waals surface area contributed by atoms with Crippen LogP contribution in [-0.2, 0) is 21.3 Å². The topological polar surface area (TPSA) is 80.3 Å². The van der Waals surface area contributed by atoms with Gasteiger partial charge in [-0.05, 0) is 18.6 Å². The molecule has 0 spiro atoms. The Balaban J connectivity index is 2.71. The molecule has 1 rings (SSSR count). The summed E-state index contributed by atoms with van der Waals surface area (Å²) < 4.78 is 31.5. The highest BCUT2D eigenvalue weighted by Gasteiger charge is 2.18. The Bertz CT molecular complexity index is 500. The highest BCUT2D eigenvalue weighted by Crippen LogP contribution is 2.07. The molecule has 0 aliphatic rings. The lowest BCUT2D eigenvalue weighted by atomic mass is 10.2. The predicted octanol–water partition coefficient (Wildman–Crippen LogP) is 0.893. The Morgan fingerprint density at radius 2 is 2.00 bits per heavy atom. The lowest BCUT2D eigenvalue weighted by Crippen LogP contribution is -2.36. The first-order valence-corrected chi connectivity index (χ1v) is 8.03. The van der Waals surface area contributed by atoms with Gasteiger partial charge in [-0.25, -0.2) is 18.1 Å². The molecule has 0 bridgehead atoms. The van der Waals surface area contributed by atoms with Gasteiger partial charge in [-0.2, -0.15) is 0 Å². The first-order chi connectivity index (χ1) is 9.35. The maximum atomic E-state index is 12.1. The smallest absolute Gasteiger partial charge is 0.258 e. The van der Waals surface area contributed by atoms with E-state index in [4.69, 9.17) is 4.74 Å². The van der Waals surface area contributed by atoms with E-state index in [0.717, 1.165) is 5.56 Å². The molecule has 0 saturated heterocycles. The number of ether oxygens (including phenoxy) is 1. The van der Waals surface area contributed by atoms with Gasteiger partial charge in [0.15, 0.2) is 5.03 Å². The van der Waals surface area contributed by atoms with E-state index in [9.17, 15) is 8.42 Å². The monoisotopic (exact) mass is 301 g/mol. The first-order valence-electron chi connectivity index (χ1n) is 6.54. The van der Waals surface area contributed by atoms with Crippen molar-refractivity contribution in [3.63, 3.8) is 0 Å². The summed E-state index contributed by atoms with van der Waals surface area (Å²) in [7, 11) is -2.06. The molecule has 20 heavy (non-hydrogen) atoms. The highest BCUT2D eigenvalue weighted by molar-refractivity contribution is 7.89. The van der Waals surface area contributed by atoms with Gasteiger partial charge >= 0.3 is 0 Å². The Hall–Kier alpha value is -1.02. The fourth-order valence-electron chi connectivity index (χ4n) is 1.61. The minimum Gasteiger partial charge on any atom is -0.383 e. The van der Waals surface area contributed by atoms with Crippen molar-refractivity contribution in [1.29, 1.82) is 0 Å². The number of sulfonamides is 1. The maximum Gasteiger partial charge on any atom is 0.258 e. The van der Waals surface area contributed by atoms with Crippen molar-refractivity contribution in [2.45, 2.75) is 44.4 Å². The van der Waals surface area contributed by atoms with Gasteiger partial charge in [0.2, 0.25) is 0 Å². The second-order valence-electron chi connectivity index (χ2n) is 5.02. The van der Waals surface area contributed by atoms with Gasteiger partial charge in [0.1, 0.15) is 0 Å². The largest absolute Gasteiger partial charge is 0.383 e. The standard InChI is InChI=1S/C13H23N3O3S/c1-10(2)14-7-12-5-6-13(15-8-12)20(17,18)16-11(3)9-19-4/h5-6,8,10-11,14,16H,7,9H2,1-4H3. The number of pyridine rings is 1. The van der Waals surface area contributed by atoms with Gasteiger partial charge in [-0.1, -0.05) is 19.9 Å². The molecule has 0 aromatic carbocycles. The molecule has 1 heterocycles. The van der Waals surface area contributed by atoms with Crippen molar-refractivity contribution >= 4 is 10.0 Å². The van der Waals surface area contributed by atoms with Crippen LogP contribution >= 0.6 is 0 Å². The van der Waals surface area contributed by atoms with E-state index in [1.54, 1.807) is 19.2 Å². The molecule has 1 aromatic rings. The number of hydrogen-bond acceptors (Lipinski definition) is 5. The van der Waals surface area contributed by atoms with Crippen molar-refractivity contribution < 1.29 is 13.2 Å². The average molecular weight is 301 g/mol. The zero-order valence-electron chi connectivity index (χ0n) is 12.4. The number of methoxy groups -OCH3 is 1. The molecule has 0 saturated carbocycles. The SMILES string of the molecule is COCC(C)NS(=O)(=O)c1ccc(CNC(C)C)cn1. The summed E-state index contributed by atoms with van der Waals surface area (Å²) in [6.45, 7) is 6.82. The van der Waals surface area contributed by atoms with E-state index in [2.05, 4.69) is 15.0 Å². The summed E-state index contributed by atoms with van der Waals surface area (Å²) in [6.07, 6.45) is 1.57. The van der Waals surface area contributed by atoms with Crippen LogP contribution in [0.15, 0.2) is 23.4 Å². The number of nitrogens with zero attached hydrogens (tertiary/aromatic N) is 1. The Morgan fingerprint density at radius 1 is 1.30 bits per heavy atom. The van der Waals surface area contributed by atoms with Crippen molar-refractivity contribution in [2.75, 3.05) is 13.7 Å². The minimum absolute atomic E-state index is 0.0220. The third kappa shape index (κ3) is 5.54. The van der Waals surface area contributed by atoms with Gasteiger partial charge in [0.05, 0.1) is 6.61 Å². The van der Waals surface area contributed by atoms with E-state index in [1.165, 1.54) is 13.2 Å². The minimum atomic E-state index is -3.59. The molecule has 6 nitrogen and oxygen atoms in total. The Morgan fingerprint density at radius 3 is 2.50 bits per heavy atom. The summed E-state index contributed by atoms with van der Waals surface area (Å²) in [5, 5.41) is 3.27. The molecule has 2 N–H and O–H groups in total. The number of aromatic nitrogens is 1. The summed E-state index contributed by atoms with van der Waals surface area (Å²) in [5.41, 5.74) is 0.947. The molecule has 1 aromatic heterocycles. The number of rotatable bonds is 8. The Kier molecular flexibility index (Phi) is 6.54. The molecule has 0 fully saturated rings. The van der Waals surface area contributed by atoms with Crippen LogP contribution in [0.1, 0.15) is 26.3 Å². The molecule has 114 valence electrons. The van der Waals surface area contributed by atoms with Crippen LogP contribution in [-0.4, -0.2) is 39.2 Å². The lowest BCUT2D eigenvalue weighted by molar-refractivity contribution is 0.180. The van der Waals surface area contributed by atoms with Crippen molar-refractivity contribution in [3.05, 3.63) is 23.9 Å². The van der Waals surface area contributed by atoms with Gasteiger partial charge < -0.3 is 10.1 Å². The molecular weight excluding hydrogens is 278 g/mol. The molecule has 1 unspecified atom stereocenters. The van der Waals surface area contributed by atoms with E-state index in [0.29, 0.717) is 19.2 Å². The molecule has 0 radical (unpaired) electrons. The predicted molar refractivity (Wildman–Crippen MR) is 77.9 cm³/mol. The fraction of sp³-hybridized carbons (Fsp3) is 0.615. The molecule has 0 amide bonds. The van der Waals surface area contributed by atoms with Crippen LogP contribution in [0, 0.1) is 0 Å². The van der Waals surface area contributed by atoms with E-state index in [1.807, 2.05) is 13.8 Å². The van der Waals surface area contributed by atoms with Crippen LogP contribution < -0.4 is 10.0 Å². The maximum absolute atomic E-state index is 12.1. The van der Waals surface area contributed by atoms with Crippen LogP contribution in [0.5, 0.6) is 0 Å². The molecule has 1 atom stereocenters. The third-order valence-electron chi connectivity index (χ3n) is 2.56. The normalized spacial score (nSPS) is 13.7. The van der Waals surface area contributed by atoms with Gasteiger partial charge in [0, 0.05) is 31.9 Å². The third-order valence-corrected chi connectivity index (χ3v) is 4.07. The van der Waals surface area contributed by atoms with E-state index >= 15 is 0 Å². The summed E-state index contributed by atoms with van der Waals surface area (Å²) in [6, 6.07) is 3.35. The number of nitrogens with one attached hydrogen (secondary N) is 2.